The fraction of sp³-hybridized carbons (Fsp3) is 0.450. The predicted octanol–water partition coefficient (Wildman–Crippen LogP) is 4.21. The Hall–Kier alpha value is -2.23. The molecule has 0 aliphatic rings. The Labute approximate surface area is 145 Å². The Morgan fingerprint density at radius 1 is 1.12 bits per heavy atom. The molecule has 1 aromatic rings. The fourth-order valence-corrected chi connectivity index (χ4v) is 3.13. The van der Waals surface area contributed by atoms with Gasteiger partial charge in [0.15, 0.2) is 0 Å². The zero-order chi connectivity index (χ0) is 18.5. The first-order valence-electron chi connectivity index (χ1n) is 7.81. The van der Waals surface area contributed by atoms with Crippen molar-refractivity contribution in [3.05, 3.63) is 48.6 Å². The van der Waals surface area contributed by atoms with Crippen LogP contribution in [0.15, 0.2) is 37.4 Å². The Kier molecular flexibility index (Phi) is 6.24. The molecule has 0 saturated heterocycles. The van der Waals surface area contributed by atoms with Gasteiger partial charge < -0.3 is 14.2 Å². The first-order chi connectivity index (χ1) is 11.2. The molecule has 0 bridgehead atoms. The van der Waals surface area contributed by atoms with E-state index in [1.165, 1.54) is 7.11 Å². The number of rotatable bonds is 8. The van der Waals surface area contributed by atoms with Crippen molar-refractivity contribution in [2.75, 3.05) is 21.3 Å². The molecule has 0 aliphatic heterocycles. The van der Waals surface area contributed by atoms with Crippen molar-refractivity contribution in [2.45, 2.75) is 32.6 Å². The number of benzene rings is 1. The number of ether oxygens (including phenoxy) is 3. The average molecular weight is 332 g/mol. The molecule has 0 fully saturated rings. The van der Waals surface area contributed by atoms with Gasteiger partial charge in [0.2, 0.25) is 0 Å². The summed E-state index contributed by atoms with van der Waals surface area (Å²) < 4.78 is 16.2. The normalized spacial score (nSPS) is 13.6. The maximum absolute atomic E-state index is 13.0. The molecule has 0 radical (unpaired) electrons. The monoisotopic (exact) mass is 332 g/mol. The van der Waals surface area contributed by atoms with E-state index in [2.05, 4.69) is 13.2 Å². The third-order valence-electron chi connectivity index (χ3n) is 4.77. The summed E-state index contributed by atoms with van der Waals surface area (Å²) in [7, 11) is 4.57. The number of aryl methyl sites for hydroxylation is 1. The molecule has 0 N–H and O–H groups in total. The van der Waals surface area contributed by atoms with Crippen LogP contribution >= 0.6 is 0 Å². The third-order valence-corrected chi connectivity index (χ3v) is 4.77. The lowest BCUT2D eigenvalue weighted by molar-refractivity contribution is -0.151. The van der Waals surface area contributed by atoms with Crippen LogP contribution in [0.4, 0.5) is 0 Å². The second-order valence-electron chi connectivity index (χ2n) is 6.34. The zero-order valence-corrected chi connectivity index (χ0v) is 15.6. The molecule has 1 unspecified atom stereocenters. The van der Waals surface area contributed by atoms with Gasteiger partial charge in [-0.2, -0.15) is 0 Å². The molecule has 1 rings (SSSR count). The van der Waals surface area contributed by atoms with E-state index in [9.17, 15) is 4.79 Å². The van der Waals surface area contributed by atoms with Crippen molar-refractivity contribution in [3.63, 3.8) is 0 Å². The molecule has 4 nitrogen and oxygen atoms in total. The minimum absolute atomic E-state index is 0.364. The van der Waals surface area contributed by atoms with E-state index in [0.717, 1.165) is 5.56 Å². The summed E-state index contributed by atoms with van der Waals surface area (Å²) in [6, 6.07) is 3.72. The molecule has 24 heavy (non-hydrogen) atoms. The SMILES string of the molecule is C=CCC(C(=O)OC)(c1cc(OC)c(C)cc1OC)C(C)(C)C=C. The van der Waals surface area contributed by atoms with Gasteiger partial charge in [-0.1, -0.05) is 26.0 Å². The molecule has 0 spiro atoms. The van der Waals surface area contributed by atoms with Crippen molar-refractivity contribution >= 4 is 5.97 Å². The van der Waals surface area contributed by atoms with Gasteiger partial charge in [-0.25, -0.2) is 0 Å². The molecular weight excluding hydrogens is 304 g/mol. The van der Waals surface area contributed by atoms with E-state index in [0.29, 0.717) is 23.5 Å². The highest BCUT2D eigenvalue weighted by Crippen LogP contribution is 2.51. The summed E-state index contributed by atoms with van der Waals surface area (Å²) in [6.07, 6.45) is 3.86. The summed E-state index contributed by atoms with van der Waals surface area (Å²) >= 11 is 0. The van der Waals surface area contributed by atoms with Crippen LogP contribution in [0.1, 0.15) is 31.4 Å². The average Bonchev–Trinajstić information content (AvgIpc) is 2.58. The first kappa shape index (κ1) is 19.8. The molecule has 1 atom stereocenters. The van der Waals surface area contributed by atoms with Crippen LogP contribution in [0.25, 0.3) is 0 Å². The van der Waals surface area contributed by atoms with Crippen LogP contribution in [0.5, 0.6) is 11.5 Å². The highest BCUT2D eigenvalue weighted by Gasteiger charge is 2.53. The molecule has 0 aliphatic carbocycles. The number of methoxy groups -OCH3 is 3. The topological polar surface area (TPSA) is 44.8 Å². The van der Waals surface area contributed by atoms with Crippen LogP contribution in [0.3, 0.4) is 0 Å². The quantitative estimate of drug-likeness (QED) is 0.528. The third kappa shape index (κ3) is 3.05. The second kappa shape index (κ2) is 7.56. The van der Waals surface area contributed by atoms with E-state index in [-0.39, 0.29) is 5.97 Å². The van der Waals surface area contributed by atoms with Crippen molar-refractivity contribution in [1.82, 2.24) is 0 Å². The van der Waals surface area contributed by atoms with Gasteiger partial charge in [0.1, 0.15) is 16.9 Å². The summed E-state index contributed by atoms with van der Waals surface area (Å²) in [5.74, 6) is 0.926. The van der Waals surface area contributed by atoms with Crippen LogP contribution in [0, 0.1) is 12.3 Å². The maximum Gasteiger partial charge on any atom is 0.317 e. The largest absolute Gasteiger partial charge is 0.496 e. The van der Waals surface area contributed by atoms with Crippen molar-refractivity contribution < 1.29 is 19.0 Å². The van der Waals surface area contributed by atoms with Crippen molar-refractivity contribution in [3.8, 4) is 11.5 Å². The highest BCUT2D eigenvalue weighted by atomic mass is 16.5. The zero-order valence-electron chi connectivity index (χ0n) is 15.6. The minimum Gasteiger partial charge on any atom is -0.496 e. The molecule has 0 saturated carbocycles. The lowest BCUT2D eigenvalue weighted by Crippen LogP contribution is -2.48. The van der Waals surface area contributed by atoms with Gasteiger partial charge in [0.05, 0.1) is 21.3 Å². The van der Waals surface area contributed by atoms with Gasteiger partial charge in [-0.3, -0.25) is 4.79 Å². The molecule has 0 aromatic heterocycles. The number of carbonyl (C=O) groups excluding carboxylic acids is 1. The van der Waals surface area contributed by atoms with E-state index >= 15 is 0 Å². The van der Waals surface area contributed by atoms with Gasteiger partial charge in [-0.05, 0) is 31.0 Å². The number of carbonyl (C=O) groups is 1. The van der Waals surface area contributed by atoms with E-state index in [1.54, 1.807) is 26.4 Å². The van der Waals surface area contributed by atoms with Crippen molar-refractivity contribution in [1.29, 1.82) is 0 Å². The smallest absolute Gasteiger partial charge is 0.317 e. The van der Waals surface area contributed by atoms with E-state index in [1.807, 2.05) is 32.9 Å². The lowest BCUT2D eigenvalue weighted by atomic mass is 9.59. The maximum atomic E-state index is 13.0. The number of hydrogen-bond donors (Lipinski definition) is 0. The Morgan fingerprint density at radius 2 is 1.71 bits per heavy atom. The number of allylic oxidation sites excluding steroid dienone is 2. The van der Waals surface area contributed by atoms with Gasteiger partial charge in [0, 0.05) is 11.0 Å². The summed E-state index contributed by atoms with van der Waals surface area (Å²) in [5.41, 5.74) is -0.0182. The molecule has 1 aromatic carbocycles. The van der Waals surface area contributed by atoms with E-state index in [4.69, 9.17) is 14.2 Å². The predicted molar refractivity (Wildman–Crippen MR) is 96.8 cm³/mol. The second-order valence-corrected chi connectivity index (χ2v) is 6.34. The Bertz CT molecular complexity index is 631. The summed E-state index contributed by atoms with van der Waals surface area (Å²) in [6.45, 7) is 13.6. The fourth-order valence-electron chi connectivity index (χ4n) is 3.13. The molecular formula is C20H28O4. The molecule has 0 heterocycles. The van der Waals surface area contributed by atoms with Crippen LogP contribution in [-0.2, 0) is 14.9 Å². The number of esters is 1. The summed E-state index contributed by atoms with van der Waals surface area (Å²) in [5, 5.41) is 0. The molecule has 0 amide bonds. The summed E-state index contributed by atoms with van der Waals surface area (Å²) in [4.78, 5) is 13.0. The van der Waals surface area contributed by atoms with Crippen LogP contribution < -0.4 is 9.47 Å². The number of hydrogen-bond acceptors (Lipinski definition) is 4. The highest BCUT2D eigenvalue weighted by molar-refractivity contribution is 5.86. The standard InChI is InChI=1S/C20H28O4/c1-9-11-20(18(21)24-8,19(4,5)10-2)15-13-16(22-6)14(3)12-17(15)23-7/h9-10,12-13H,1-2,11H2,3-8H3. The molecule has 132 valence electrons. The molecule has 4 heteroatoms. The van der Waals surface area contributed by atoms with Gasteiger partial charge >= 0.3 is 5.97 Å². The first-order valence-corrected chi connectivity index (χ1v) is 7.81. The Morgan fingerprint density at radius 3 is 2.12 bits per heavy atom. The van der Waals surface area contributed by atoms with Crippen molar-refractivity contribution in [2.24, 2.45) is 5.41 Å². The Balaban J connectivity index is 3.94. The van der Waals surface area contributed by atoms with Gasteiger partial charge in [-0.15, -0.1) is 13.2 Å². The minimum atomic E-state index is -1.03. The van der Waals surface area contributed by atoms with Crippen LogP contribution in [0.2, 0.25) is 0 Å². The van der Waals surface area contributed by atoms with Gasteiger partial charge in [0.25, 0.3) is 0 Å². The lowest BCUT2D eigenvalue weighted by Gasteiger charge is -2.43. The van der Waals surface area contributed by atoms with Crippen LogP contribution in [-0.4, -0.2) is 27.3 Å². The van der Waals surface area contributed by atoms with E-state index < -0.39 is 10.8 Å².